The molecule has 0 fully saturated rings. The van der Waals surface area contributed by atoms with Crippen LogP contribution in [0.15, 0.2) is 67.1 Å². The first-order valence-electron chi connectivity index (χ1n) is 9.69. The number of imidazole rings is 1. The fourth-order valence-electron chi connectivity index (χ4n) is 3.34. The van der Waals surface area contributed by atoms with Crippen LogP contribution in [0.3, 0.4) is 0 Å². The van der Waals surface area contributed by atoms with Crippen LogP contribution in [0, 0.1) is 5.82 Å². The number of halogens is 2. The van der Waals surface area contributed by atoms with Crippen LogP contribution in [0.25, 0.3) is 34.0 Å². The van der Waals surface area contributed by atoms with Gasteiger partial charge in [-0.15, -0.1) is 5.10 Å². The first kappa shape index (κ1) is 20.6. The summed E-state index contributed by atoms with van der Waals surface area (Å²) in [7, 11) is 1.28. The zero-order valence-corrected chi connectivity index (χ0v) is 17.9. The van der Waals surface area contributed by atoms with Crippen molar-refractivity contribution in [2.24, 2.45) is 0 Å². The molecule has 33 heavy (non-hydrogen) atoms. The van der Waals surface area contributed by atoms with E-state index in [2.05, 4.69) is 30.1 Å². The molecule has 164 valence electrons. The highest BCUT2D eigenvalue weighted by molar-refractivity contribution is 6.28. The first-order chi connectivity index (χ1) is 16.0. The van der Waals surface area contributed by atoms with Gasteiger partial charge in [-0.2, -0.15) is 4.98 Å². The third kappa shape index (κ3) is 3.99. The Labute approximate surface area is 191 Å². The van der Waals surface area contributed by atoms with Gasteiger partial charge in [-0.1, -0.05) is 0 Å². The number of hydrogen-bond donors (Lipinski definition) is 1. The van der Waals surface area contributed by atoms with Crippen molar-refractivity contribution in [2.45, 2.75) is 0 Å². The molecule has 0 aliphatic heterocycles. The summed E-state index contributed by atoms with van der Waals surface area (Å²) >= 11 is 6.10. The molecule has 4 aromatic heterocycles. The molecule has 0 aliphatic rings. The highest BCUT2D eigenvalue weighted by atomic mass is 35.5. The van der Waals surface area contributed by atoms with Crippen molar-refractivity contribution in [3.8, 4) is 28.3 Å². The summed E-state index contributed by atoms with van der Waals surface area (Å²) in [5.41, 5.74) is 3.62. The number of ether oxygens (including phenoxy) is 1. The maximum atomic E-state index is 13.4. The molecule has 5 aromatic rings. The van der Waals surface area contributed by atoms with E-state index in [4.69, 9.17) is 11.6 Å². The largest absolute Gasteiger partial charge is 0.453 e. The van der Waals surface area contributed by atoms with E-state index in [1.807, 2.05) is 28.8 Å². The minimum absolute atomic E-state index is 0.0678. The predicted octanol–water partition coefficient (Wildman–Crippen LogP) is 4.61. The van der Waals surface area contributed by atoms with Gasteiger partial charge in [-0.05, 0) is 60.1 Å². The third-order valence-electron chi connectivity index (χ3n) is 4.89. The van der Waals surface area contributed by atoms with E-state index in [0.29, 0.717) is 23.0 Å². The highest BCUT2D eigenvalue weighted by Gasteiger charge is 2.15. The summed E-state index contributed by atoms with van der Waals surface area (Å²) in [6.45, 7) is 0. The molecular weight excluding hydrogens is 449 g/mol. The van der Waals surface area contributed by atoms with Crippen molar-refractivity contribution in [2.75, 3.05) is 12.4 Å². The van der Waals surface area contributed by atoms with Gasteiger partial charge in [0.15, 0.2) is 5.82 Å². The molecule has 1 amide bonds. The fourth-order valence-corrected chi connectivity index (χ4v) is 3.49. The molecule has 9 nitrogen and oxygen atoms in total. The number of carbonyl (C=O) groups excluding carboxylic acids is 1. The van der Waals surface area contributed by atoms with Crippen molar-refractivity contribution in [1.29, 1.82) is 0 Å². The minimum Gasteiger partial charge on any atom is -0.453 e. The van der Waals surface area contributed by atoms with E-state index in [1.54, 1.807) is 35.3 Å². The maximum absolute atomic E-state index is 13.4. The molecule has 11 heteroatoms. The highest BCUT2D eigenvalue weighted by Crippen LogP contribution is 2.27. The zero-order chi connectivity index (χ0) is 22.9. The second kappa shape index (κ2) is 8.32. The van der Waals surface area contributed by atoms with Crippen LogP contribution in [-0.4, -0.2) is 42.3 Å². The molecule has 0 aliphatic carbocycles. The van der Waals surface area contributed by atoms with Gasteiger partial charge >= 0.3 is 6.09 Å². The van der Waals surface area contributed by atoms with Crippen molar-refractivity contribution in [3.63, 3.8) is 0 Å². The second-order valence-corrected chi connectivity index (χ2v) is 7.27. The lowest BCUT2D eigenvalue weighted by Crippen LogP contribution is -2.11. The monoisotopic (exact) mass is 463 g/mol. The number of pyridine rings is 2. The number of methoxy groups -OCH3 is 1. The lowest BCUT2D eigenvalue weighted by molar-refractivity contribution is 0.187. The third-order valence-corrected chi connectivity index (χ3v) is 5.05. The summed E-state index contributed by atoms with van der Waals surface area (Å²) in [5, 5.41) is 6.82. The lowest BCUT2D eigenvalue weighted by atomic mass is 10.2. The number of rotatable bonds is 4. The van der Waals surface area contributed by atoms with Crippen LogP contribution in [0.1, 0.15) is 0 Å². The maximum Gasteiger partial charge on any atom is 0.412 e. The Balaban J connectivity index is 1.55. The second-order valence-electron chi connectivity index (χ2n) is 6.93. The molecule has 5 rings (SSSR count). The Morgan fingerprint density at radius 2 is 1.82 bits per heavy atom. The smallest absolute Gasteiger partial charge is 0.412 e. The summed E-state index contributed by atoms with van der Waals surface area (Å²) in [4.78, 5) is 24.4. The molecule has 1 aromatic carbocycles. The number of nitrogens with zero attached hydrogens (tertiary/aromatic N) is 6. The number of nitrogens with one attached hydrogen (secondary N) is 1. The lowest BCUT2D eigenvalue weighted by Gasteiger charge is -2.08. The number of anilines is 1. The summed E-state index contributed by atoms with van der Waals surface area (Å²) in [6.07, 6.45) is 4.61. The molecule has 0 unspecified atom stereocenters. The van der Waals surface area contributed by atoms with Crippen LogP contribution >= 0.6 is 11.6 Å². The number of carbonyl (C=O) groups is 1. The van der Waals surface area contributed by atoms with Gasteiger partial charge in [-0.25, -0.2) is 23.8 Å². The molecule has 0 radical (unpaired) electrons. The van der Waals surface area contributed by atoms with Crippen LogP contribution in [0.2, 0.25) is 5.28 Å². The topological polar surface area (TPSA) is 99.2 Å². The Kier molecular flexibility index (Phi) is 5.19. The standard InChI is InChI=1S/C22H15ClFN7O2/c1-33-22(32)27-18-8-2-13(10-25-18)17-11-26-19-9-3-14(12-30(17)19)20-28-21(23)29-31(20)16-6-4-15(24)5-7-16/h2-12H,1H3,(H,25,27,32). The minimum atomic E-state index is -0.598. The van der Waals surface area contributed by atoms with Crippen molar-refractivity contribution in [3.05, 3.63) is 78.2 Å². The van der Waals surface area contributed by atoms with Gasteiger partial charge in [0.1, 0.15) is 17.3 Å². The molecule has 4 heterocycles. The van der Waals surface area contributed by atoms with Gasteiger partial charge in [0.2, 0.25) is 5.28 Å². The fraction of sp³-hybridized carbons (Fsp3) is 0.0455. The molecule has 1 N–H and O–H groups in total. The van der Waals surface area contributed by atoms with Crippen molar-refractivity contribution < 1.29 is 13.9 Å². The Morgan fingerprint density at radius 3 is 2.55 bits per heavy atom. The van der Waals surface area contributed by atoms with E-state index < -0.39 is 6.09 Å². The van der Waals surface area contributed by atoms with Gasteiger partial charge in [0, 0.05) is 23.5 Å². The van der Waals surface area contributed by atoms with E-state index in [1.165, 1.54) is 19.2 Å². The van der Waals surface area contributed by atoms with E-state index in [-0.39, 0.29) is 11.1 Å². The van der Waals surface area contributed by atoms with Crippen LogP contribution < -0.4 is 5.32 Å². The number of fused-ring (bicyclic) bond motifs is 1. The number of amides is 1. The summed E-state index contributed by atoms with van der Waals surface area (Å²) in [5.74, 6) is 0.503. The molecular formula is C22H15ClFN7O2. The zero-order valence-electron chi connectivity index (χ0n) is 17.1. The van der Waals surface area contributed by atoms with Crippen molar-refractivity contribution in [1.82, 2.24) is 29.1 Å². The van der Waals surface area contributed by atoms with E-state index in [0.717, 1.165) is 16.8 Å². The molecule has 0 atom stereocenters. The average molecular weight is 464 g/mol. The van der Waals surface area contributed by atoms with Gasteiger partial charge in [0.05, 0.1) is 24.7 Å². The van der Waals surface area contributed by atoms with Crippen LogP contribution in [-0.2, 0) is 4.74 Å². The average Bonchev–Trinajstić information content (AvgIpc) is 3.43. The molecule has 0 bridgehead atoms. The van der Waals surface area contributed by atoms with Gasteiger partial charge in [0.25, 0.3) is 0 Å². The normalized spacial score (nSPS) is 11.0. The van der Waals surface area contributed by atoms with Crippen LogP contribution in [0.4, 0.5) is 15.0 Å². The van der Waals surface area contributed by atoms with Crippen molar-refractivity contribution >= 4 is 29.2 Å². The number of benzene rings is 1. The van der Waals surface area contributed by atoms with Gasteiger partial charge in [-0.3, -0.25) is 9.72 Å². The quantitative estimate of drug-likeness (QED) is 0.417. The Bertz CT molecular complexity index is 1460. The molecule has 0 saturated heterocycles. The predicted molar refractivity (Wildman–Crippen MR) is 120 cm³/mol. The molecule has 0 saturated carbocycles. The van der Waals surface area contributed by atoms with E-state index in [9.17, 15) is 9.18 Å². The SMILES string of the molecule is COC(=O)Nc1ccc(-c2cnc3ccc(-c4nc(Cl)nn4-c4ccc(F)cc4)cn23)cn1. The number of aromatic nitrogens is 6. The number of hydrogen-bond acceptors (Lipinski definition) is 6. The van der Waals surface area contributed by atoms with Gasteiger partial charge < -0.3 is 4.74 Å². The van der Waals surface area contributed by atoms with Crippen LogP contribution in [0.5, 0.6) is 0 Å². The summed E-state index contributed by atoms with van der Waals surface area (Å²) in [6, 6.07) is 13.1. The van der Waals surface area contributed by atoms with E-state index >= 15 is 0 Å². The molecule has 0 spiro atoms. The Hall–Kier alpha value is -4.31. The first-order valence-corrected chi connectivity index (χ1v) is 10.1. The summed E-state index contributed by atoms with van der Waals surface area (Å²) < 4.78 is 21.4. The Morgan fingerprint density at radius 1 is 1.03 bits per heavy atom.